The molecule has 1 heterocycles. The fraction of sp³-hybridized carbons (Fsp3) is 0.111. The lowest BCUT2D eigenvalue weighted by molar-refractivity contribution is 0.415. The average molecular weight is 325 g/mol. The predicted octanol–water partition coefficient (Wildman–Crippen LogP) is 3.20. The molecule has 0 atom stereocenters. The minimum atomic E-state index is -0.309. The molecule has 0 aliphatic rings. The van der Waals surface area contributed by atoms with Gasteiger partial charge in [0.05, 0.1) is 12.8 Å². The number of methoxy groups -OCH3 is 1. The lowest BCUT2D eigenvalue weighted by atomic mass is 10.1. The Morgan fingerprint density at radius 3 is 2.79 bits per heavy atom. The molecule has 0 amide bonds. The highest BCUT2D eigenvalue weighted by Crippen LogP contribution is 2.21. The van der Waals surface area contributed by atoms with E-state index in [1.165, 1.54) is 12.1 Å². The van der Waals surface area contributed by atoms with Crippen molar-refractivity contribution in [2.75, 3.05) is 12.4 Å². The maximum Gasteiger partial charge on any atom is 0.252 e. The second-order valence-corrected chi connectivity index (χ2v) is 5.16. The van der Waals surface area contributed by atoms with Crippen LogP contribution in [0.25, 0.3) is 11.3 Å². The van der Waals surface area contributed by atoms with Gasteiger partial charge in [0, 0.05) is 23.7 Å². The van der Waals surface area contributed by atoms with E-state index in [1.54, 1.807) is 31.4 Å². The van der Waals surface area contributed by atoms with Crippen LogP contribution in [0.1, 0.15) is 5.56 Å². The number of hydrogen-bond acceptors (Lipinski definition) is 4. The highest BCUT2D eigenvalue weighted by Gasteiger charge is 2.06. The number of nitrogens with zero attached hydrogens (tertiary/aromatic N) is 1. The molecule has 3 aromatic rings. The Balaban J connectivity index is 1.86. The summed E-state index contributed by atoms with van der Waals surface area (Å²) >= 11 is 0. The fourth-order valence-electron chi connectivity index (χ4n) is 2.29. The monoisotopic (exact) mass is 325 g/mol. The number of anilines is 1. The van der Waals surface area contributed by atoms with Gasteiger partial charge in [-0.15, -0.1) is 0 Å². The molecule has 0 spiro atoms. The minimum Gasteiger partial charge on any atom is -0.497 e. The lowest BCUT2D eigenvalue weighted by Gasteiger charge is -2.09. The second kappa shape index (κ2) is 6.95. The summed E-state index contributed by atoms with van der Waals surface area (Å²) in [6.07, 6.45) is 0. The van der Waals surface area contributed by atoms with Crippen LogP contribution in [0.4, 0.5) is 10.3 Å². The van der Waals surface area contributed by atoms with Crippen LogP contribution in [0.15, 0.2) is 59.4 Å². The first-order chi connectivity index (χ1) is 11.7. The van der Waals surface area contributed by atoms with Gasteiger partial charge in [-0.05, 0) is 18.2 Å². The third kappa shape index (κ3) is 3.60. The van der Waals surface area contributed by atoms with Crippen LogP contribution in [0.5, 0.6) is 5.75 Å². The summed E-state index contributed by atoms with van der Waals surface area (Å²) in [5, 5.41) is 2.94. The van der Waals surface area contributed by atoms with Crippen LogP contribution in [0, 0.1) is 5.82 Å². The van der Waals surface area contributed by atoms with Crippen molar-refractivity contribution in [1.82, 2.24) is 9.97 Å². The molecular formula is C18H16FN3O2. The molecule has 122 valence electrons. The minimum absolute atomic E-state index is 0.219. The molecule has 6 heteroatoms. The van der Waals surface area contributed by atoms with Gasteiger partial charge < -0.3 is 10.1 Å². The average Bonchev–Trinajstić information content (AvgIpc) is 2.60. The van der Waals surface area contributed by atoms with Gasteiger partial charge in [0.2, 0.25) is 5.95 Å². The van der Waals surface area contributed by atoms with Crippen molar-refractivity contribution < 1.29 is 9.13 Å². The molecule has 3 rings (SSSR count). The largest absolute Gasteiger partial charge is 0.497 e. The molecule has 0 saturated heterocycles. The molecule has 1 aromatic heterocycles. The number of nitrogens with one attached hydrogen (secondary N) is 2. The van der Waals surface area contributed by atoms with Crippen molar-refractivity contribution in [2.24, 2.45) is 0 Å². The number of ether oxygens (including phenoxy) is 1. The first-order valence-corrected chi connectivity index (χ1v) is 7.39. The van der Waals surface area contributed by atoms with E-state index in [-0.39, 0.29) is 23.9 Å². The summed E-state index contributed by atoms with van der Waals surface area (Å²) in [6, 6.07) is 15.1. The van der Waals surface area contributed by atoms with Gasteiger partial charge in [-0.2, -0.15) is 0 Å². The van der Waals surface area contributed by atoms with E-state index in [0.29, 0.717) is 17.0 Å². The number of aromatic amines is 1. The van der Waals surface area contributed by atoms with Gasteiger partial charge in [0.25, 0.3) is 5.56 Å². The van der Waals surface area contributed by atoms with Crippen LogP contribution in [0.2, 0.25) is 0 Å². The number of rotatable bonds is 5. The first-order valence-electron chi connectivity index (χ1n) is 7.39. The normalized spacial score (nSPS) is 10.4. The summed E-state index contributed by atoms with van der Waals surface area (Å²) in [5.41, 5.74) is 1.47. The summed E-state index contributed by atoms with van der Waals surface area (Å²) < 4.78 is 18.8. The molecule has 24 heavy (non-hydrogen) atoms. The summed E-state index contributed by atoms with van der Waals surface area (Å²) in [5.74, 6) is 0.648. The van der Waals surface area contributed by atoms with Crippen LogP contribution < -0.4 is 15.6 Å². The zero-order chi connectivity index (χ0) is 16.9. The van der Waals surface area contributed by atoms with Gasteiger partial charge in [-0.25, -0.2) is 9.37 Å². The Kier molecular flexibility index (Phi) is 4.56. The maximum atomic E-state index is 13.7. The van der Waals surface area contributed by atoms with E-state index < -0.39 is 0 Å². The maximum absolute atomic E-state index is 13.7. The van der Waals surface area contributed by atoms with Crippen molar-refractivity contribution in [3.63, 3.8) is 0 Å². The zero-order valence-electron chi connectivity index (χ0n) is 13.0. The van der Waals surface area contributed by atoms with E-state index in [0.717, 1.165) is 5.56 Å². The Labute approximate surface area is 138 Å². The third-order valence-electron chi connectivity index (χ3n) is 3.51. The van der Waals surface area contributed by atoms with Gasteiger partial charge in [0.1, 0.15) is 11.6 Å². The number of hydrogen-bond donors (Lipinski definition) is 2. The zero-order valence-corrected chi connectivity index (χ0v) is 13.0. The SMILES string of the molecule is COc1cccc(-c2cc(=O)[nH]c(NCc3ccccc3F)n2)c1. The highest BCUT2D eigenvalue weighted by atomic mass is 19.1. The van der Waals surface area contributed by atoms with Gasteiger partial charge in [-0.3, -0.25) is 9.78 Å². The van der Waals surface area contributed by atoms with Crippen molar-refractivity contribution in [2.45, 2.75) is 6.54 Å². The summed E-state index contributed by atoms with van der Waals surface area (Å²) in [7, 11) is 1.58. The Morgan fingerprint density at radius 2 is 2.00 bits per heavy atom. The number of benzene rings is 2. The van der Waals surface area contributed by atoms with E-state index >= 15 is 0 Å². The third-order valence-corrected chi connectivity index (χ3v) is 3.51. The van der Waals surface area contributed by atoms with Crippen molar-refractivity contribution in [3.8, 4) is 17.0 Å². The standard InChI is InChI=1S/C18H16FN3O2/c1-24-14-7-4-6-12(9-14)16-10-17(23)22-18(21-16)20-11-13-5-2-3-8-15(13)19/h2-10H,11H2,1H3,(H2,20,21,22,23). The number of halogens is 1. The van der Waals surface area contributed by atoms with E-state index in [1.807, 2.05) is 18.2 Å². The Bertz CT molecular complexity index is 909. The van der Waals surface area contributed by atoms with Crippen molar-refractivity contribution in [1.29, 1.82) is 0 Å². The molecule has 0 saturated carbocycles. The first kappa shape index (κ1) is 15.7. The van der Waals surface area contributed by atoms with E-state index in [2.05, 4.69) is 15.3 Å². The van der Waals surface area contributed by atoms with Crippen molar-refractivity contribution >= 4 is 5.95 Å². The lowest BCUT2D eigenvalue weighted by Crippen LogP contribution is -2.13. The van der Waals surface area contributed by atoms with E-state index in [9.17, 15) is 9.18 Å². The summed E-state index contributed by atoms with van der Waals surface area (Å²) in [6.45, 7) is 0.219. The Hall–Kier alpha value is -3.15. The smallest absolute Gasteiger partial charge is 0.252 e. The van der Waals surface area contributed by atoms with Crippen LogP contribution >= 0.6 is 0 Å². The number of H-pyrrole nitrogens is 1. The molecule has 2 N–H and O–H groups in total. The predicted molar refractivity (Wildman–Crippen MR) is 90.6 cm³/mol. The van der Waals surface area contributed by atoms with Gasteiger partial charge >= 0.3 is 0 Å². The quantitative estimate of drug-likeness (QED) is 0.756. The van der Waals surface area contributed by atoms with Crippen LogP contribution in [-0.4, -0.2) is 17.1 Å². The second-order valence-electron chi connectivity index (χ2n) is 5.16. The van der Waals surface area contributed by atoms with Crippen LogP contribution in [0.3, 0.4) is 0 Å². The Morgan fingerprint density at radius 1 is 1.17 bits per heavy atom. The summed E-state index contributed by atoms with van der Waals surface area (Å²) in [4.78, 5) is 18.9. The number of aromatic nitrogens is 2. The fourth-order valence-corrected chi connectivity index (χ4v) is 2.29. The molecule has 0 aliphatic carbocycles. The molecular weight excluding hydrogens is 309 g/mol. The molecule has 0 aliphatic heterocycles. The molecule has 0 fully saturated rings. The molecule has 0 bridgehead atoms. The van der Waals surface area contributed by atoms with Crippen molar-refractivity contribution in [3.05, 3.63) is 76.3 Å². The highest BCUT2D eigenvalue weighted by molar-refractivity contribution is 5.61. The van der Waals surface area contributed by atoms with E-state index in [4.69, 9.17) is 4.74 Å². The molecule has 0 unspecified atom stereocenters. The van der Waals surface area contributed by atoms with Gasteiger partial charge in [-0.1, -0.05) is 30.3 Å². The molecule has 0 radical (unpaired) electrons. The molecule has 2 aromatic carbocycles. The molecule has 5 nitrogen and oxygen atoms in total. The van der Waals surface area contributed by atoms with Gasteiger partial charge in [0.15, 0.2) is 0 Å². The van der Waals surface area contributed by atoms with Crippen LogP contribution in [-0.2, 0) is 6.54 Å². The topological polar surface area (TPSA) is 67.0 Å².